The summed E-state index contributed by atoms with van der Waals surface area (Å²) in [5, 5.41) is 6.51. The molecule has 0 bridgehead atoms. The number of nitrogens with one attached hydrogen (secondary N) is 2. The van der Waals surface area contributed by atoms with Gasteiger partial charge in [-0.3, -0.25) is 4.79 Å². The highest BCUT2D eigenvalue weighted by atomic mass is 16.6. The highest BCUT2D eigenvalue weighted by Gasteiger charge is 2.40. The van der Waals surface area contributed by atoms with Crippen molar-refractivity contribution in [1.82, 2.24) is 10.6 Å². The highest BCUT2D eigenvalue weighted by molar-refractivity contribution is 5.73. The second-order valence-corrected chi connectivity index (χ2v) is 8.82. The van der Waals surface area contributed by atoms with Crippen LogP contribution in [0.4, 0.5) is 0 Å². The fourth-order valence-corrected chi connectivity index (χ4v) is 4.33. The van der Waals surface area contributed by atoms with Gasteiger partial charge in [-0.05, 0) is 16.7 Å². The fourth-order valence-electron chi connectivity index (χ4n) is 4.33. The van der Waals surface area contributed by atoms with E-state index >= 15 is 0 Å². The molecule has 3 aromatic carbocycles. The first kappa shape index (κ1) is 25.1. The van der Waals surface area contributed by atoms with Gasteiger partial charge in [0.1, 0.15) is 12.2 Å². The predicted molar refractivity (Wildman–Crippen MR) is 136 cm³/mol. The average molecular weight is 475 g/mol. The summed E-state index contributed by atoms with van der Waals surface area (Å²) in [6, 6.07) is 30.0. The van der Waals surface area contributed by atoms with Gasteiger partial charge in [0.05, 0.1) is 32.0 Å². The molecule has 3 aromatic rings. The quantitative estimate of drug-likeness (QED) is 0.467. The van der Waals surface area contributed by atoms with E-state index in [1.165, 1.54) is 6.92 Å². The molecule has 35 heavy (non-hydrogen) atoms. The van der Waals surface area contributed by atoms with Gasteiger partial charge in [-0.25, -0.2) is 0 Å². The molecule has 0 unspecified atom stereocenters. The fraction of sp³-hybridized carbons (Fsp3) is 0.345. The molecule has 6 nitrogen and oxygen atoms in total. The van der Waals surface area contributed by atoms with Crippen LogP contribution in [0.25, 0.3) is 0 Å². The Labute approximate surface area is 207 Å². The number of carbonyl (C=O) groups is 1. The Bertz CT molecular complexity index is 1020. The van der Waals surface area contributed by atoms with Crippen LogP contribution < -0.4 is 10.6 Å². The third-order valence-corrected chi connectivity index (χ3v) is 6.06. The van der Waals surface area contributed by atoms with Gasteiger partial charge in [-0.1, -0.05) is 91.0 Å². The number of benzene rings is 3. The first-order valence-corrected chi connectivity index (χ1v) is 12.1. The molecular formula is C29H34N2O4. The van der Waals surface area contributed by atoms with Crippen LogP contribution in [0.1, 0.15) is 23.6 Å². The minimum absolute atomic E-state index is 0.101. The second-order valence-electron chi connectivity index (χ2n) is 8.82. The van der Waals surface area contributed by atoms with E-state index in [9.17, 15) is 4.79 Å². The Kier molecular flexibility index (Phi) is 9.43. The van der Waals surface area contributed by atoms with E-state index < -0.39 is 12.2 Å². The summed E-state index contributed by atoms with van der Waals surface area (Å²) in [4.78, 5) is 12.1. The molecule has 2 N–H and O–H groups in total. The van der Waals surface area contributed by atoms with Gasteiger partial charge in [0.2, 0.25) is 5.91 Å². The van der Waals surface area contributed by atoms with Gasteiger partial charge in [0, 0.05) is 20.0 Å². The third-order valence-electron chi connectivity index (χ3n) is 6.06. The van der Waals surface area contributed by atoms with Gasteiger partial charge < -0.3 is 24.8 Å². The molecule has 1 fully saturated rings. The van der Waals surface area contributed by atoms with E-state index in [4.69, 9.17) is 14.2 Å². The topological polar surface area (TPSA) is 68.8 Å². The lowest BCUT2D eigenvalue weighted by Crippen LogP contribution is -2.54. The summed E-state index contributed by atoms with van der Waals surface area (Å²) in [5.41, 5.74) is 3.23. The minimum atomic E-state index is -0.404. The number of hydrogen-bond acceptors (Lipinski definition) is 5. The van der Waals surface area contributed by atoms with Crippen LogP contribution in [-0.2, 0) is 38.8 Å². The Morgan fingerprint density at radius 1 is 0.714 bits per heavy atom. The van der Waals surface area contributed by atoms with E-state index in [0.29, 0.717) is 32.9 Å². The molecule has 1 amide bonds. The molecule has 0 radical (unpaired) electrons. The van der Waals surface area contributed by atoms with Gasteiger partial charge in [0.15, 0.2) is 0 Å². The van der Waals surface area contributed by atoms with Gasteiger partial charge >= 0.3 is 0 Å². The molecular weight excluding hydrogens is 440 g/mol. The molecule has 0 aliphatic carbocycles. The number of hydrogen-bond donors (Lipinski definition) is 2. The highest BCUT2D eigenvalue weighted by Crippen LogP contribution is 2.22. The van der Waals surface area contributed by atoms with Crippen LogP contribution in [0.15, 0.2) is 91.0 Å². The van der Waals surface area contributed by atoms with E-state index in [1.54, 1.807) is 0 Å². The van der Waals surface area contributed by atoms with Crippen molar-refractivity contribution in [3.05, 3.63) is 108 Å². The maximum atomic E-state index is 12.1. The normalized spacial score (nSPS) is 22.3. The van der Waals surface area contributed by atoms with E-state index in [-0.39, 0.29) is 18.1 Å². The molecule has 0 saturated carbocycles. The Hall–Kier alpha value is -3.03. The molecule has 184 valence electrons. The maximum Gasteiger partial charge on any atom is 0.217 e. The Morgan fingerprint density at radius 2 is 1.17 bits per heavy atom. The van der Waals surface area contributed by atoms with E-state index in [0.717, 1.165) is 16.7 Å². The second kappa shape index (κ2) is 13.2. The zero-order valence-corrected chi connectivity index (χ0v) is 20.1. The lowest BCUT2D eigenvalue weighted by molar-refractivity contribution is -0.153. The lowest BCUT2D eigenvalue weighted by atomic mass is 10.0. The monoisotopic (exact) mass is 474 g/mol. The lowest BCUT2D eigenvalue weighted by Gasteiger charge is -2.35. The van der Waals surface area contributed by atoms with E-state index in [1.807, 2.05) is 91.0 Å². The molecule has 1 saturated heterocycles. The molecule has 1 aliphatic heterocycles. The number of amides is 1. The minimum Gasteiger partial charge on any atom is -0.369 e. The van der Waals surface area contributed by atoms with Crippen molar-refractivity contribution in [2.75, 3.05) is 13.1 Å². The maximum absolute atomic E-state index is 12.1. The largest absolute Gasteiger partial charge is 0.369 e. The summed E-state index contributed by atoms with van der Waals surface area (Å²) in [6.07, 6.45) is -1.06. The van der Waals surface area contributed by atoms with Crippen molar-refractivity contribution < 1.29 is 19.0 Å². The molecule has 0 spiro atoms. The Morgan fingerprint density at radius 3 is 1.66 bits per heavy atom. The molecule has 4 atom stereocenters. The van der Waals surface area contributed by atoms with Crippen LogP contribution in [0, 0.1) is 0 Å². The van der Waals surface area contributed by atoms with Crippen molar-refractivity contribution in [1.29, 1.82) is 0 Å². The van der Waals surface area contributed by atoms with Crippen molar-refractivity contribution in [2.24, 2.45) is 0 Å². The average Bonchev–Trinajstić information content (AvgIpc) is 3.05. The van der Waals surface area contributed by atoms with Crippen LogP contribution in [0.5, 0.6) is 0 Å². The summed E-state index contributed by atoms with van der Waals surface area (Å²) in [5.74, 6) is -0.101. The number of rotatable bonds is 10. The molecule has 0 aromatic heterocycles. The first-order chi connectivity index (χ1) is 17.2. The summed E-state index contributed by atoms with van der Waals surface area (Å²) in [7, 11) is 0. The molecule has 4 rings (SSSR count). The van der Waals surface area contributed by atoms with Crippen LogP contribution in [0.3, 0.4) is 0 Å². The molecule has 6 heteroatoms. The van der Waals surface area contributed by atoms with Gasteiger partial charge in [0.25, 0.3) is 0 Å². The van der Waals surface area contributed by atoms with Gasteiger partial charge in [-0.2, -0.15) is 0 Å². The van der Waals surface area contributed by atoms with Crippen molar-refractivity contribution in [2.45, 2.75) is 51.1 Å². The standard InChI is InChI=1S/C29H34N2O4/c1-22(32)31-26-17-30-18-27(33-19-23-11-5-2-6-12-23)29(35-21-25-15-9-4-10-16-25)28(26)34-20-24-13-7-3-8-14-24/h2-16,26-30H,17-21H2,1H3,(H,31,32)/t26-,27-,28+,29-/m0/s1. The predicted octanol–water partition coefficient (Wildman–Crippen LogP) is 3.85. The summed E-state index contributed by atoms with van der Waals surface area (Å²) < 4.78 is 19.4. The Balaban J connectivity index is 1.57. The first-order valence-electron chi connectivity index (χ1n) is 12.1. The number of ether oxygens (including phenoxy) is 3. The van der Waals surface area contributed by atoms with Crippen molar-refractivity contribution >= 4 is 5.91 Å². The molecule has 1 heterocycles. The zero-order chi connectivity index (χ0) is 24.3. The summed E-state index contributed by atoms with van der Waals surface area (Å²) in [6.45, 7) is 3.99. The smallest absolute Gasteiger partial charge is 0.217 e. The van der Waals surface area contributed by atoms with Crippen LogP contribution in [-0.4, -0.2) is 43.4 Å². The SMILES string of the molecule is CC(=O)N[C@H]1CNC[C@H](OCc2ccccc2)[C@H](OCc2ccccc2)[C@@H]1OCc1ccccc1. The third kappa shape index (κ3) is 7.73. The van der Waals surface area contributed by atoms with Crippen LogP contribution >= 0.6 is 0 Å². The zero-order valence-electron chi connectivity index (χ0n) is 20.1. The summed E-state index contributed by atoms with van der Waals surface area (Å²) >= 11 is 0. The molecule has 1 aliphatic rings. The van der Waals surface area contributed by atoms with Crippen molar-refractivity contribution in [3.63, 3.8) is 0 Å². The van der Waals surface area contributed by atoms with Crippen molar-refractivity contribution in [3.8, 4) is 0 Å². The van der Waals surface area contributed by atoms with E-state index in [2.05, 4.69) is 10.6 Å². The van der Waals surface area contributed by atoms with Crippen LogP contribution in [0.2, 0.25) is 0 Å². The van der Waals surface area contributed by atoms with Gasteiger partial charge in [-0.15, -0.1) is 0 Å². The number of carbonyl (C=O) groups excluding carboxylic acids is 1.